The highest BCUT2D eigenvalue weighted by atomic mass is 32.2. The molecule has 2 heterocycles. The summed E-state index contributed by atoms with van der Waals surface area (Å²) >= 11 is 3.08. The third kappa shape index (κ3) is 2.05. The second-order valence-corrected chi connectivity index (χ2v) is 5.16. The van der Waals surface area contributed by atoms with Crippen molar-refractivity contribution in [1.29, 1.82) is 0 Å². The summed E-state index contributed by atoms with van der Waals surface area (Å²) < 4.78 is 1.61. The molecule has 2 aromatic rings. The van der Waals surface area contributed by atoms with Crippen LogP contribution in [0.5, 0.6) is 0 Å². The van der Waals surface area contributed by atoms with Crippen molar-refractivity contribution in [3.05, 3.63) is 34.0 Å². The molecule has 0 aliphatic heterocycles. The van der Waals surface area contributed by atoms with Gasteiger partial charge in [0.2, 0.25) is 0 Å². The van der Waals surface area contributed by atoms with Crippen LogP contribution in [0.3, 0.4) is 0 Å². The van der Waals surface area contributed by atoms with Crippen LogP contribution in [0.25, 0.3) is 10.2 Å². The summed E-state index contributed by atoms with van der Waals surface area (Å²) in [7, 11) is 1.77. The lowest BCUT2D eigenvalue weighted by Gasteiger charge is -2.04. The molecule has 0 amide bonds. The van der Waals surface area contributed by atoms with Crippen LogP contribution in [0.1, 0.15) is 6.92 Å². The Bertz CT molecular complexity index is 583. The zero-order valence-corrected chi connectivity index (χ0v) is 10.8. The molecular weight excluding hydrogens is 240 g/mol. The summed E-state index contributed by atoms with van der Waals surface area (Å²) in [4.78, 5) is 17.2. The van der Waals surface area contributed by atoms with Gasteiger partial charge in [0.15, 0.2) is 5.16 Å². The largest absolute Gasteiger partial charge is 0.290 e. The van der Waals surface area contributed by atoms with E-state index in [0.717, 1.165) is 15.7 Å². The van der Waals surface area contributed by atoms with Crippen molar-refractivity contribution in [2.45, 2.75) is 12.1 Å². The third-order valence-corrected chi connectivity index (χ3v) is 4.00. The maximum absolute atomic E-state index is 11.9. The average molecular weight is 252 g/mol. The molecule has 0 bridgehead atoms. The highest BCUT2D eigenvalue weighted by Crippen LogP contribution is 2.20. The lowest BCUT2D eigenvalue weighted by atomic mass is 10.4. The van der Waals surface area contributed by atoms with Gasteiger partial charge in [-0.1, -0.05) is 23.9 Å². The highest BCUT2D eigenvalue weighted by Gasteiger charge is 2.08. The molecule has 0 N–H and O–H groups in total. The summed E-state index contributed by atoms with van der Waals surface area (Å²) in [5, 5.41) is 3.39. The molecule has 0 unspecified atom stereocenters. The maximum Gasteiger partial charge on any atom is 0.262 e. The van der Waals surface area contributed by atoms with Gasteiger partial charge < -0.3 is 0 Å². The number of nitrogens with zero attached hydrogens (tertiary/aromatic N) is 2. The molecule has 84 valence electrons. The van der Waals surface area contributed by atoms with Crippen LogP contribution in [0.15, 0.2) is 33.5 Å². The molecule has 0 aliphatic carbocycles. The number of thioether (sulfide) groups is 1. The number of hydrogen-bond donors (Lipinski definition) is 0. The first-order valence-corrected chi connectivity index (χ1v) is 6.78. The minimum atomic E-state index is 0.0363. The van der Waals surface area contributed by atoms with Crippen LogP contribution in [0.2, 0.25) is 0 Å². The van der Waals surface area contributed by atoms with Gasteiger partial charge >= 0.3 is 0 Å². The van der Waals surface area contributed by atoms with Gasteiger partial charge in [-0.05, 0) is 18.4 Å². The first-order valence-electron chi connectivity index (χ1n) is 4.92. The maximum atomic E-state index is 11.9. The fourth-order valence-electron chi connectivity index (χ4n) is 1.33. The number of allylic oxidation sites excluding steroid dienone is 1. The predicted octanol–water partition coefficient (Wildman–Crippen LogP) is 2.66. The Kier molecular flexibility index (Phi) is 3.46. The van der Waals surface area contributed by atoms with Crippen molar-refractivity contribution in [2.75, 3.05) is 5.75 Å². The average Bonchev–Trinajstić information content (AvgIpc) is 2.73. The third-order valence-electron chi connectivity index (χ3n) is 2.21. The van der Waals surface area contributed by atoms with Crippen molar-refractivity contribution >= 4 is 33.3 Å². The Morgan fingerprint density at radius 2 is 2.44 bits per heavy atom. The predicted molar refractivity (Wildman–Crippen MR) is 70.4 cm³/mol. The molecule has 16 heavy (non-hydrogen) atoms. The molecule has 0 aliphatic rings. The highest BCUT2D eigenvalue weighted by molar-refractivity contribution is 7.99. The van der Waals surface area contributed by atoms with Gasteiger partial charge in [0, 0.05) is 12.8 Å². The molecule has 0 radical (unpaired) electrons. The Labute approximate surface area is 102 Å². The van der Waals surface area contributed by atoms with Crippen LogP contribution in [-0.2, 0) is 7.05 Å². The first-order chi connectivity index (χ1) is 7.74. The van der Waals surface area contributed by atoms with E-state index in [2.05, 4.69) is 11.1 Å². The molecule has 5 heteroatoms. The van der Waals surface area contributed by atoms with Gasteiger partial charge in [0.05, 0.1) is 5.39 Å². The van der Waals surface area contributed by atoms with E-state index in [1.165, 1.54) is 11.3 Å². The van der Waals surface area contributed by atoms with E-state index in [9.17, 15) is 4.79 Å². The summed E-state index contributed by atoms with van der Waals surface area (Å²) in [5.74, 6) is 0.841. The number of fused-ring (bicyclic) bond motifs is 1. The smallest absolute Gasteiger partial charge is 0.262 e. The Hall–Kier alpha value is -1.07. The second kappa shape index (κ2) is 4.84. The standard InChI is InChI=1S/C11H12N2OS2/c1-3-4-6-16-11-12-9-8(5-7-15-9)10(14)13(11)2/h3-5,7H,6H2,1-2H3/b4-3+. The molecule has 0 saturated heterocycles. The molecule has 0 fully saturated rings. The number of aromatic nitrogens is 2. The quantitative estimate of drug-likeness (QED) is 0.478. The van der Waals surface area contributed by atoms with Gasteiger partial charge in [-0.15, -0.1) is 11.3 Å². The summed E-state index contributed by atoms with van der Waals surface area (Å²) in [6.07, 6.45) is 4.05. The number of rotatable bonds is 3. The Morgan fingerprint density at radius 3 is 3.19 bits per heavy atom. The topological polar surface area (TPSA) is 34.9 Å². The zero-order valence-electron chi connectivity index (χ0n) is 9.14. The Morgan fingerprint density at radius 1 is 1.62 bits per heavy atom. The molecule has 0 aromatic carbocycles. The van der Waals surface area contributed by atoms with E-state index < -0.39 is 0 Å². The molecule has 3 nitrogen and oxygen atoms in total. The number of hydrogen-bond acceptors (Lipinski definition) is 4. The fraction of sp³-hybridized carbons (Fsp3) is 0.273. The normalized spacial score (nSPS) is 11.6. The van der Waals surface area contributed by atoms with Crippen molar-refractivity contribution in [2.24, 2.45) is 7.05 Å². The van der Waals surface area contributed by atoms with E-state index in [0.29, 0.717) is 5.39 Å². The lowest BCUT2D eigenvalue weighted by molar-refractivity contribution is 0.729. The van der Waals surface area contributed by atoms with Crippen molar-refractivity contribution in [1.82, 2.24) is 9.55 Å². The van der Waals surface area contributed by atoms with Crippen LogP contribution < -0.4 is 5.56 Å². The van der Waals surface area contributed by atoms with Gasteiger partial charge in [-0.3, -0.25) is 9.36 Å². The lowest BCUT2D eigenvalue weighted by Crippen LogP contribution is -2.19. The minimum Gasteiger partial charge on any atom is -0.290 e. The van der Waals surface area contributed by atoms with E-state index in [1.807, 2.05) is 24.4 Å². The summed E-state index contributed by atoms with van der Waals surface area (Å²) in [6.45, 7) is 1.98. The second-order valence-electron chi connectivity index (χ2n) is 3.28. The van der Waals surface area contributed by atoms with Crippen molar-refractivity contribution in [3.8, 4) is 0 Å². The van der Waals surface area contributed by atoms with Gasteiger partial charge in [0.1, 0.15) is 4.83 Å². The van der Waals surface area contributed by atoms with Crippen molar-refractivity contribution < 1.29 is 0 Å². The van der Waals surface area contributed by atoms with E-state index in [1.54, 1.807) is 23.4 Å². The molecule has 2 rings (SSSR count). The Balaban J connectivity index is 2.45. The van der Waals surface area contributed by atoms with Gasteiger partial charge in [-0.2, -0.15) is 0 Å². The fourth-order valence-corrected chi connectivity index (χ4v) is 3.01. The van der Waals surface area contributed by atoms with Crippen LogP contribution >= 0.6 is 23.1 Å². The monoisotopic (exact) mass is 252 g/mol. The van der Waals surface area contributed by atoms with Crippen LogP contribution in [0.4, 0.5) is 0 Å². The summed E-state index contributed by atoms with van der Waals surface area (Å²) in [5.41, 5.74) is 0.0363. The van der Waals surface area contributed by atoms with Crippen molar-refractivity contribution in [3.63, 3.8) is 0 Å². The zero-order chi connectivity index (χ0) is 11.5. The molecule has 2 aromatic heterocycles. The molecular formula is C11H12N2OS2. The van der Waals surface area contributed by atoms with E-state index in [4.69, 9.17) is 0 Å². The molecule has 0 spiro atoms. The van der Waals surface area contributed by atoms with Gasteiger partial charge in [-0.25, -0.2) is 4.98 Å². The van der Waals surface area contributed by atoms with Gasteiger partial charge in [0.25, 0.3) is 5.56 Å². The minimum absolute atomic E-state index is 0.0363. The van der Waals surface area contributed by atoms with E-state index in [-0.39, 0.29) is 5.56 Å². The van der Waals surface area contributed by atoms with E-state index >= 15 is 0 Å². The molecule has 0 saturated carbocycles. The van der Waals surface area contributed by atoms with Crippen LogP contribution in [-0.4, -0.2) is 15.3 Å². The summed E-state index contributed by atoms with van der Waals surface area (Å²) in [6, 6.07) is 1.83. The SMILES string of the molecule is C/C=C/CSc1nc2sccc2c(=O)n1C. The van der Waals surface area contributed by atoms with Crippen LogP contribution in [0, 0.1) is 0 Å². The number of thiophene rings is 1. The molecule has 0 atom stereocenters. The first kappa shape index (κ1) is 11.4.